The SMILES string of the molecule is CCCNC1C(CN(C)C2CC2)C(C)(C)OC1(C)C. The van der Waals surface area contributed by atoms with E-state index in [1.807, 2.05) is 0 Å². The van der Waals surface area contributed by atoms with Crippen molar-refractivity contribution in [2.24, 2.45) is 5.92 Å². The van der Waals surface area contributed by atoms with Crippen molar-refractivity contribution in [2.75, 3.05) is 20.1 Å². The minimum absolute atomic E-state index is 0.0436. The van der Waals surface area contributed by atoms with Crippen LogP contribution in [0.3, 0.4) is 0 Å². The highest BCUT2D eigenvalue weighted by Crippen LogP contribution is 2.43. The minimum Gasteiger partial charge on any atom is -0.368 e. The second-order valence-corrected chi connectivity index (χ2v) is 7.52. The van der Waals surface area contributed by atoms with Crippen LogP contribution in [0.4, 0.5) is 0 Å². The summed E-state index contributed by atoms with van der Waals surface area (Å²) in [5.41, 5.74) is -0.119. The monoisotopic (exact) mass is 268 g/mol. The maximum Gasteiger partial charge on any atom is 0.0790 e. The summed E-state index contributed by atoms with van der Waals surface area (Å²) in [7, 11) is 2.27. The maximum absolute atomic E-state index is 6.37. The Morgan fingerprint density at radius 2 is 1.79 bits per heavy atom. The van der Waals surface area contributed by atoms with Crippen LogP contribution in [0.5, 0.6) is 0 Å². The topological polar surface area (TPSA) is 24.5 Å². The van der Waals surface area contributed by atoms with E-state index in [1.165, 1.54) is 19.3 Å². The van der Waals surface area contributed by atoms with Crippen LogP contribution in [-0.2, 0) is 4.74 Å². The highest BCUT2D eigenvalue weighted by atomic mass is 16.5. The average Bonchev–Trinajstić information content (AvgIpc) is 3.06. The van der Waals surface area contributed by atoms with Gasteiger partial charge in [0.25, 0.3) is 0 Å². The zero-order valence-electron chi connectivity index (χ0n) is 13.6. The van der Waals surface area contributed by atoms with Crippen molar-refractivity contribution in [2.45, 2.75) is 77.2 Å². The molecule has 2 aliphatic rings. The van der Waals surface area contributed by atoms with Gasteiger partial charge in [-0.05, 0) is 60.5 Å². The van der Waals surface area contributed by atoms with Crippen LogP contribution in [0.2, 0.25) is 0 Å². The Hall–Kier alpha value is -0.120. The zero-order valence-corrected chi connectivity index (χ0v) is 13.6. The molecule has 3 heteroatoms. The van der Waals surface area contributed by atoms with E-state index >= 15 is 0 Å². The van der Waals surface area contributed by atoms with Gasteiger partial charge in [0.2, 0.25) is 0 Å². The fourth-order valence-corrected chi connectivity index (χ4v) is 3.69. The zero-order chi connectivity index (χ0) is 14.3. The molecule has 1 heterocycles. The van der Waals surface area contributed by atoms with Crippen LogP contribution >= 0.6 is 0 Å². The van der Waals surface area contributed by atoms with Gasteiger partial charge in [-0.3, -0.25) is 0 Å². The molecule has 2 fully saturated rings. The number of nitrogens with one attached hydrogen (secondary N) is 1. The highest BCUT2D eigenvalue weighted by Gasteiger charge is 2.54. The molecule has 0 bridgehead atoms. The summed E-state index contributed by atoms with van der Waals surface area (Å²) in [5, 5.41) is 3.74. The lowest BCUT2D eigenvalue weighted by atomic mass is 9.82. The first-order valence-electron chi connectivity index (χ1n) is 7.91. The molecule has 0 aromatic heterocycles. The molecule has 3 nitrogen and oxygen atoms in total. The first kappa shape index (κ1) is 15.3. The molecule has 0 radical (unpaired) electrons. The van der Waals surface area contributed by atoms with Crippen molar-refractivity contribution >= 4 is 0 Å². The van der Waals surface area contributed by atoms with Crippen molar-refractivity contribution in [3.8, 4) is 0 Å². The number of rotatable bonds is 6. The van der Waals surface area contributed by atoms with Crippen LogP contribution in [0, 0.1) is 5.92 Å². The smallest absolute Gasteiger partial charge is 0.0790 e. The molecular weight excluding hydrogens is 236 g/mol. The van der Waals surface area contributed by atoms with Crippen molar-refractivity contribution in [1.29, 1.82) is 0 Å². The lowest BCUT2D eigenvalue weighted by Crippen LogP contribution is -2.51. The van der Waals surface area contributed by atoms with E-state index in [0.29, 0.717) is 12.0 Å². The quantitative estimate of drug-likeness (QED) is 0.801. The van der Waals surface area contributed by atoms with Gasteiger partial charge in [-0.15, -0.1) is 0 Å². The summed E-state index contributed by atoms with van der Waals surface area (Å²) >= 11 is 0. The summed E-state index contributed by atoms with van der Waals surface area (Å²) in [5.74, 6) is 0.555. The van der Waals surface area contributed by atoms with Gasteiger partial charge in [0.15, 0.2) is 0 Å². The predicted octanol–water partition coefficient (Wildman–Crippen LogP) is 2.65. The first-order valence-corrected chi connectivity index (χ1v) is 7.91. The lowest BCUT2D eigenvalue weighted by Gasteiger charge is -2.33. The fourth-order valence-electron chi connectivity index (χ4n) is 3.69. The van der Waals surface area contributed by atoms with E-state index in [0.717, 1.165) is 19.1 Å². The van der Waals surface area contributed by atoms with Gasteiger partial charge >= 0.3 is 0 Å². The van der Waals surface area contributed by atoms with E-state index in [-0.39, 0.29) is 11.2 Å². The number of nitrogens with zero attached hydrogens (tertiary/aromatic N) is 1. The van der Waals surface area contributed by atoms with Crippen molar-refractivity contribution in [3.63, 3.8) is 0 Å². The van der Waals surface area contributed by atoms with Gasteiger partial charge in [0.05, 0.1) is 11.2 Å². The summed E-state index contributed by atoms with van der Waals surface area (Å²) in [6.07, 6.45) is 3.93. The Labute approximate surface area is 119 Å². The Kier molecular flexibility index (Phi) is 4.29. The summed E-state index contributed by atoms with van der Waals surface area (Å²) in [6.45, 7) is 13.4. The first-order chi connectivity index (χ1) is 8.78. The molecule has 2 atom stereocenters. The van der Waals surface area contributed by atoms with E-state index < -0.39 is 0 Å². The molecular formula is C16H32N2O. The van der Waals surface area contributed by atoms with Crippen LogP contribution in [0.25, 0.3) is 0 Å². The van der Waals surface area contributed by atoms with E-state index in [2.05, 4.69) is 51.9 Å². The van der Waals surface area contributed by atoms with Crippen LogP contribution in [0.15, 0.2) is 0 Å². The summed E-state index contributed by atoms with van der Waals surface area (Å²) in [4.78, 5) is 2.54. The number of hydrogen-bond acceptors (Lipinski definition) is 3. The second-order valence-electron chi connectivity index (χ2n) is 7.52. The minimum atomic E-state index is -0.0757. The Morgan fingerprint density at radius 1 is 1.16 bits per heavy atom. The molecule has 112 valence electrons. The van der Waals surface area contributed by atoms with Gasteiger partial charge < -0.3 is 15.0 Å². The average molecular weight is 268 g/mol. The molecule has 0 spiro atoms. The molecule has 1 aliphatic heterocycles. The number of hydrogen-bond donors (Lipinski definition) is 1. The second kappa shape index (κ2) is 5.34. The van der Waals surface area contributed by atoms with Gasteiger partial charge in [0, 0.05) is 24.5 Å². The van der Waals surface area contributed by atoms with E-state index in [4.69, 9.17) is 4.74 Å². The van der Waals surface area contributed by atoms with Crippen LogP contribution < -0.4 is 5.32 Å². The van der Waals surface area contributed by atoms with Crippen molar-refractivity contribution in [1.82, 2.24) is 10.2 Å². The predicted molar refractivity (Wildman–Crippen MR) is 80.5 cm³/mol. The Balaban J connectivity index is 2.09. The van der Waals surface area contributed by atoms with Crippen LogP contribution in [0.1, 0.15) is 53.9 Å². The third-order valence-electron chi connectivity index (χ3n) is 4.84. The van der Waals surface area contributed by atoms with Gasteiger partial charge in [0.1, 0.15) is 0 Å². The van der Waals surface area contributed by atoms with Crippen LogP contribution in [-0.4, -0.2) is 48.3 Å². The standard InChI is InChI=1S/C16H32N2O/c1-7-10-17-14-13(11-18(6)12-8-9-12)15(2,3)19-16(14,4)5/h12-14,17H,7-11H2,1-6H3. The molecule has 2 rings (SSSR count). The van der Waals surface area contributed by atoms with Crippen molar-refractivity contribution in [3.05, 3.63) is 0 Å². The van der Waals surface area contributed by atoms with E-state index in [9.17, 15) is 0 Å². The largest absolute Gasteiger partial charge is 0.368 e. The van der Waals surface area contributed by atoms with E-state index in [1.54, 1.807) is 0 Å². The van der Waals surface area contributed by atoms with Gasteiger partial charge in [-0.2, -0.15) is 0 Å². The highest BCUT2D eigenvalue weighted by molar-refractivity contribution is 5.06. The summed E-state index contributed by atoms with van der Waals surface area (Å²) in [6, 6.07) is 1.27. The molecule has 1 saturated heterocycles. The molecule has 1 saturated carbocycles. The molecule has 0 aromatic rings. The molecule has 0 aromatic carbocycles. The van der Waals surface area contributed by atoms with Crippen molar-refractivity contribution < 1.29 is 4.74 Å². The Bertz CT molecular complexity index is 310. The lowest BCUT2D eigenvalue weighted by molar-refractivity contribution is -0.0793. The third kappa shape index (κ3) is 3.32. The third-order valence-corrected chi connectivity index (χ3v) is 4.84. The maximum atomic E-state index is 6.37. The molecule has 2 unspecified atom stereocenters. The van der Waals surface area contributed by atoms with Gasteiger partial charge in [-0.25, -0.2) is 0 Å². The molecule has 1 aliphatic carbocycles. The van der Waals surface area contributed by atoms with Gasteiger partial charge in [-0.1, -0.05) is 6.92 Å². The summed E-state index contributed by atoms with van der Waals surface area (Å²) < 4.78 is 6.37. The Morgan fingerprint density at radius 3 is 2.32 bits per heavy atom. The number of ether oxygens (including phenoxy) is 1. The normalized spacial score (nSPS) is 33.0. The molecule has 0 amide bonds. The molecule has 19 heavy (non-hydrogen) atoms. The molecule has 1 N–H and O–H groups in total. The fraction of sp³-hybridized carbons (Fsp3) is 1.00.